The third-order valence-electron chi connectivity index (χ3n) is 4.93. The van der Waals surface area contributed by atoms with Crippen LogP contribution in [0.15, 0.2) is 0 Å². The highest BCUT2D eigenvalue weighted by atomic mass is 19.1. The van der Waals surface area contributed by atoms with Gasteiger partial charge >= 0.3 is 0 Å². The maximum atomic E-state index is 13.5. The van der Waals surface area contributed by atoms with Crippen LogP contribution in [0.1, 0.15) is 38.5 Å². The van der Waals surface area contributed by atoms with E-state index in [9.17, 15) is 14.0 Å². The highest BCUT2D eigenvalue weighted by Crippen LogP contribution is 2.31. The van der Waals surface area contributed by atoms with E-state index in [1.807, 2.05) is 4.90 Å². The summed E-state index contributed by atoms with van der Waals surface area (Å²) in [7, 11) is 0. The van der Waals surface area contributed by atoms with Gasteiger partial charge in [0.25, 0.3) is 0 Å². The number of alkyl halides is 1. The van der Waals surface area contributed by atoms with Crippen molar-refractivity contribution < 1.29 is 18.7 Å². The lowest BCUT2D eigenvalue weighted by atomic mass is 9.92. The van der Waals surface area contributed by atoms with Crippen LogP contribution in [0.25, 0.3) is 0 Å². The minimum absolute atomic E-state index is 0.00168. The molecular formula is C15H23FN2O3. The van der Waals surface area contributed by atoms with Crippen LogP contribution in [0.4, 0.5) is 4.39 Å². The summed E-state index contributed by atoms with van der Waals surface area (Å²) in [6.07, 6.45) is 4.08. The topological polar surface area (TPSA) is 58.6 Å². The summed E-state index contributed by atoms with van der Waals surface area (Å²) in [5.74, 6) is -0.142. The number of rotatable bonds is 2. The molecule has 3 heterocycles. The van der Waals surface area contributed by atoms with Gasteiger partial charge in [-0.05, 0) is 19.3 Å². The minimum Gasteiger partial charge on any atom is -0.376 e. The van der Waals surface area contributed by atoms with Crippen molar-refractivity contribution in [3.63, 3.8) is 0 Å². The second-order valence-corrected chi connectivity index (χ2v) is 6.32. The molecule has 3 saturated heterocycles. The zero-order valence-electron chi connectivity index (χ0n) is 12.2. The van der Waals surface area contributed by atoms with E-state index in [1.54, 1.807) is 0 Å². The molecule has 3 rings (SSSR count). The highest BCUT2D eigenvalue weighted by molar-refractivity contribution is 5.83. The molecule has 3 fully saturated rings. The number of halogens is 1. The number of hydrogen-bond donors (Lipinski definition) is 1. The van der Waals surface area contributed by atoms with E-state index in [0.29, 0.717) is 19.4 Å². The van der Waals surface area contributed by atoms with Gasteiger partial charge in [0.05, 0.1) is 25.2 Å². The van der Waals surface area contributed by atoms with Gasteiger partial charge in [-0.15, -0.1) is 0 Å². The zero-order valence-corrected chi connectivity index (χ0v) is 12.2. The summed E-state index contributed by atoms with van der Waals surface area (Å²) in [6.45, 7) is 0.957. The van der Waals surface area contributed by atoms with Gasteiger partial charge in [0.15, 0.2) is 0 Å². The van der Waals surface area contributed by atoms with Crippen LogP contribution in [0, 0.1) is 5.92 Å². The van der Waals surface area contributed by atoms with E-state index in [-0.39, 0.29) is 37.0 Å². The standard InChI is InChI=1S/C15H23FN2O3/c16-11-8-21-9-12(11)17-15(20)10-6-7-18-13(10)4-2-1-3-5-14(18)19/h10-13H,1-9H2,(H,17,20)/t10?,11-,12-,13?/m1/s1. The summed E-state index contributed by atoms with van der Waals surface area (Å²) in [6, 6.07) is -0.533. The molecule has 0 aromatic rings. The zero-order chi connectivity index (χ0) is 14.8. The van der Waals surface area contributed by atoms with Gasteiger partial charge in [-0.2, -0.15) is 0 Å². The summed E-state index contributed by atoms with van der Waals surface area (Å²) >= 11 is 0. The van der Waals surface area contributed by atoms with Crippen LogP contribution >= 0.6 is 0 Å². The fraction of sp³-hybridized carbons (Fsp3) is 0.867. The smallest absolute Gasteiger partial charge is 0.225 e. The molecule has 3 aliphatic heterocycles. The monoisotopic (exact) mass is 298 g/mol. The summed E-state index contributed by atoms with van der Waals surface area (Å²) in [5, 5.41) is 2.78. The van der Waals surface area contributed by atoms with Crippen molar-refractivity contribution in [2.75, 3.05) is 19.8 Å². The Balaban J connectivity index is 1.64. The third-order valence-corrected chi connectivity index (χ3v) is 4.93. The van der Waals surface area contributed by atoms with Crippen molar-refractivity contribution in [2.45, 2.75) is 56.8 Å². The predicted molar refractivity (Wildman–Crippen MR) is 74.3 cm³/mol. The first-order chi connectivity index (χ1) is 10.2. The van der Waals surface area contributed by atoms with E-state index in [1.165, 1.54) is 0 Å². The van der Waals surface area contributed by atoms with Crippen molar-refractivity contribution in [1.82, 2.24) is 10.2 Å². The summed E-state index contributed by atoms with van der Waals surface area (Å²) in [5.41, 5.74) is 0. The summed E-state index contributed by atoms with van der Waals surface area (Å²) in [4.78, 5) is 26.4. The highest BCUT2D eigenvalue weighted by Gasteiger charge is 2.42. The number of amides is 2. The normalized spacial score (nSPS) is 37.0. The molecule has 21 heavy (non-hydrogen) atoms. The second kappa shape index (κ2) is 6.30. The van der Waals surface area contributed by atoms with Gasteiger partial charge in [0.2, 0.25) is 11.8 Å². The summed E-state index contributed by atoms with van der Waals surface area (Å²) < 4.78 is 18.6. The van der Waals surface area contributed by atoms with Gasteiger partial charge in [-0.1, -0.05) is 12.8 Å². The Labute approximate surface area is 124 Å². The van der Waals surface area contributed by atoms with E-state index in [0.717, 1.165) is 25.7 Å². The van der Waals surface area contributed by atoms with Gasteiger partial charge < -0.3 is 15.0 Å². The Hall–Kier alpha value is -1.17. The Bertz CT molecular complexity index is 418. The fourth-order valence-electron chi connectivity index (χ4n) is 3.73. The van der Waals surface area contributed by atoms with E-state index < -0.39 is 12.2 Å². The van der Waals surface area contributed by atoms with Gasteiger partial charge in [-0.3, -0.25) is 9.59 Å². The molecule has 5 nitrogen and oxygen atoms in total. The van der Waals surface area contributed by atoms with E-state index in [2.05, 4.69) is 5.32 Å². The van der Waals surface area contributed by atoms with Crippen molar-refractivity contribution in [1.29, 1.82) is 0 Å². The molecule has 0 radical (unpaired) electrons. The van der Waals surface area contributed by atoms with Crippen LogP contribution in [-0.4, -0.2) is 54.7 Å². The maximum Gasteiger partial charge on any atom is 0.225 e. The molecule has 0 aliphatic carbocycles. The molecular weight excluding hydrogens is 275 g/mol. The Morgan fingerprint density at radius 2 is 2.10 bits per heavy atom. The van der Waals surface area contributed by atoms with Crippen molar-refractivity contribution in [3.8, 4) is 0 Å². The van der Waals surface area contributed by atoms with Crippen LogP contribution in [0.2, 0.25) is 0 Å². The van der Waals surface area contributed by atoms with E-state index >= 15 is 0 Å². The predicted octanol–water partition coefficient (Wildman–Crippen LogP) is 1.02. The lowest BCUT2D eigenvalue weighted by Crippen LogP contribution is -2.48. The van der Waals surface area contributed by atoms with Crippen LogP contribution < -0.4 is 5.32 Å². The lowest BCUT2D eigenvalue weighted by molar-refractivity contribution is -0.134. The Kier molecular flexibility index (Phi) is 4.42. The molecule has 6 heteroatoms. The average molecular weight is 298 g/mol. The number of hydrogen-bond acceptors (Lipinski definition) is 3. The van der Waals surface area contributed by atoms with Gasteiger partial charge in [-0.25, -0.2) is 4.39 Å². The number of carbonyl (C=O) groups excluding carboxylic acids is 2. The van der Waals surface area contributed by atoms with Crippen molar-refractivity contribution in [3.05, 3.63) is 0 Å². The number of nitrogens with zero attached hydrogens (tertiary/aromatic N) is 1. The Morgan fingerprint density at radius 3 is 2.86 bits per heavy atom. The number of nitrogens with one attached hydrogen (secondary N) is 1. The van der Waals surface area contributed by atoms with Crippen molar-refractivity contribution >= 4 is 11.8 Å². The first-order valence-electron chi connectivity index (χ1n) is 7.98. The molecule has 2 unspecified atom stereocenters. The van der Waals surface area contributed by atoms with Gasteiger partial charge in [0, 0.05) is 19.0 Å². The molecule has 118 valence electrons. The number of fused-ring (bicyclic) bond motifs is 1. The molecule has 0 bridgehead atoms. The third kappa shape index (κ3) is 3.05. The minimum atomic E-state index is -1.12. The quantitative estimate of drug-likeness (QED) is 0.828. The van der Waals surface area contributed by atoms with Gasteiger partial charge in [0.1, 0.15) is 6.17 Å². The molecule has 1 N–H and O–H groups in total. The SMILES string of the molecule is O=C(N[C@@H]1COC[C@H]1F)C1CCN2C(=O)CCCCCC12. The van der Waals surface area contributed by atoms with Crippen molar-refractivity contribution in [2.24, 2.45) is 5.92 Å². The number of carbonyl (C=O) groups is 2. The van der Waals surface area contributed by atoms with Crippen LogP contribution in [0.5, 0.6) is 0 Å². The molecule has 0 aromatic heterocycles. The first-order valence-corrected chi connectivity index (χ1v) is 7.98. The Morgan fingerprint density at radius 1 is 1.24 bits per heavy atom. The second-order valence-electron chi connectivity index (χ2n) is 6.32. The molecule has 0 aromatic carbocycles. The maximum absolute atomic E-state index is 13.5. The molecule has 3 aliphatic rings. The lowest BCUT2D eigenvalue weighted by Gasteiger charge is -2.30. The fourth-order valence-corrected chi connectivity index (χ4v) is 3.73. The molecule has 2 amide bonds. The largest absolute Gasteiger partial charge is 0.376 e. The van der Waals surface area contributed by atoms with Crippen LogP contribution in [-0.2, 0) is 14.3 Å². The first kappa shape index (κ1) is 14.8. The van der Waals surface area contributed by atoms with E-state index in [4.69, 9.17) is 4.74 Å². The molecule has 0 spiro atoms. The number of ether oxygens (including phenoxy) is 1. The molecule has 0 saturated carbocycles. The average Bonchev–Trinajstić information content (AvgIpc) is 3.03. The van der Waals surface area contributed by atoms with Crippen LogP contribution in [0.3, 0.4) is 0 Å². The molecule has 4 atom stereocenters.